The molecule has 2 aromatic rings. The van der Waals surface area contributed by atoms with E-state index in [0.717, 1.165) is 18.5 Å². The second-order valence-electron chi connectivity index (χ2n) is 4.81. The summed E-state index contributed by atoms with van der Waals surface area (Å²) in [6.07, 6.45) is 3.29. The van der Waals surface area contributed by atoms with E-state index < -0.39 is 0 Å². The van der Waals surface area contributed by atoms with Gasteiger partial charge in [-0.25, -0.2) is 0 Å². The van der Waals surface area contributed by atoms with Crippen molar-refractivity contribution in [2.75, 3.05) is 4.90 Å². The summed E-state index contributed by atoms with van der Waals surface area (Å²) in [6, 6.07) is 8.24. The molecule has 1 aromatic carbocycles. The van der Waals surface area contributed by atoms with E-state index >= 15 is 0 Å². The SMILES string of the molecule is O=Cc1cc(Cl)ccc1N(Cc1ccsc1)C1CC1. The normalized spacial score (nSPS) is 14.4. The molecule has 98 valence electrons. The van der Waals surface area contributed by atoms with Gasteiger partial charge in [-0.3, -0.25) is 4.79 Å². The predicted molar refractivity (Wildman–Crippen MR) is 80.4 cm³/mol. The summed E-state index contributed by atoms with van der Waals surface area (Å²) >= 11 is 7.67. The van der Waals surface area contributed by atoms with Crippen LogP contribution < -0.4 is 4.90 Å². The Hall–Kier alpha value is -1.32. The van der Waals surface area contributed by atoms with Gasteiger partial charge in [0.05, 0.1) is 0 Å². The average molecular weight is 292 g/mol. The highest BCUT2D eigenvalue weighted by Gasteiger charge is 2.30. The summed E-state index contributed by atoms with van der Waals surface area (Å²) in [5, 5.41) is 4.85. The van der Waals surface area contributed by atoms with Gasteiger partial charge in [-0.1, -0.05) is 11.6 Å². The summed E-state index contributed by atoms with van der Waals surface area (Å²) in [4.78, 5) is 13.6. The number of hydrogen-bond donors (Lipinski definition) is 0. The average Bonchev–Trinajstić information content (AvgIpc) is 3.13. The molecule has 4 heteroatoms. The minimum Gasteiger partial charge on any atom is -0.364 e. The molecule has 0 radical (unpaired) electrons. The van der Waals surface area contributed by atoms with Gasteiger partial charge in [0, 0.05) is 28.9 Å². The maximum Gasteiger partial charge on any atom is 0.152 e. The van der Waals surface area contributed by atoms with Crippen LogP contribution in [0.1, 0.15) is 28.8 Å². The molecule has 0 bridgehead atoms. The molecular weight excluding hydrogens is 278 g/mol. The zero-order valence-corrected chi connectivity index (χ0v) is 12.0. The number of hydrogen-bond acceptors (Lipinski definition) is 3. The summed E-state index contributed by atoms with van der Waals surface area (Å²) < 4.78 is 0. The van der Waals surface area contributed by atoms with E-state index in [9.17, 15) is 4.79 Å². The number of carbonyl (C=O) groups excluding carboxylic acids is 1. The maximum absolute atomic E-state index is 11.2. The number of carbonyl (C=O) groups is 1. The first-order valence-electron chi connectivity index (χ1n) is 6.30. The lowest BCUT2D eigenvalue weighted by molar-refractivity contribution is 0.112. The van der Waals surface area contributed by atoms with Crippen LogP contribution in [0.5, 0.6) is 0 Å². The summed E-state index contributed by atoms with van der Waals surface area (Å²) in [5.74, 6) is 0. The van der Waals surface area contributed by atoms with Gasteiger partial charge in [0.2, 0.25) is 0 Å². The molecule has 0 aliphatic heterocycles. The fourth-order valence-corrected chi connectivity index (χ4v) is 3.10. The number of halogens is 1. The monoisotopic (exact) mass is 291 g/mol. The first kappa shape index (κ1) is 12.7. The Bertz CT molecular complexity index is 578. The molecule has 0 atom stereocenters. The Labute approximate surface area is 121 Å². The molecule has 19 heavy (non-hydrogen) atoms. The minimum absolute atomic E-state index is 0.555. The minimum atomic E-state index is 0.555. The first-order chi connectivity index (χ1) is 9.28. The Morgan fingerprint density at radius 3 is 2.84 bits per heavy atom. The van der Waals surface area contributed by atoms with Crippen LogP contribution in [-0.4, -0.2) is 12.3 Å². The lowest BCUT2D eigenvalue weighted by Gasteiger charge is -2.25. The Morgan fingerprint density at radius 2 is 2.21 bits per heavy atom. The van der Waals surface area contributed by atoms with Gasteiger partial charge in [0.1, 0.15) is 0 Å². The number of benzene rings is 1. The van der Waals surface area contributed by atoms with Crippen LogP contribution in [0.4, 0.5) is 5.69 Å². The molecule has 2 nitrogen and oxygen atoms in total. The van der Waals surface area contributed by atoms with Crippen molar-refractivity contribution >= 4 is 34.9 Å². The van der Waals surface area contributed by atoms with Crippen molar-refractivity contribution in [1.82, 2.24) is 0 Å². The molecular formula is C15H14ClNOS. The smallest absolute Gasteiger partial charge is 0.152 e. The van der Waals surface area contributed by atoms with Crippen LogP contribution in [0.15, 0.2) is 35.0 Å². The lowest BCUT2D eigenvalue weighted by atomic mass is 10.1. The number of anilines is 1. The molecule has 1 aliphatic rings. The third-order valence-electron chi connectivity index (χ3n) is 3.35. The van der Waals surface area contributed by atoms with Gasteiger partial charge in [0.15, 0.2) is 6.29 Å². The van der Waals surface area contributed by atoms with Crippen molar-refractivity contribution in [1.29, 1.82) is 0 Å². The number of nitrogens with zero attached hydrogens (tertiary/aromatic N) is 1. The zero-order valence-electron chi connectivity index (χ0n) is 10.4. The summed E-state index contributed by atoms with van der Waals surface area (Å²) in [6.45, 7) is 0.858. The predicted octanol–water partition coefficient (Wildman–Crippen LogP) is 4.38. The lowest BCUT2D eigenvalue weighted by Crippen LogP contribution is -2.25. The number of aldehydes is 1. The van der Waals surface area contributed by atoms with E-state index in [4.69, 9.17) is 11.6 Å². The van der Waals surface area contributed by atoms with E-state index in [1.54, 1.807) is 17.4 Å². The largest absolute Gasteiger partial charge is 0.364 e. The van der Waals surface area contributed by atoms with E-state index in [2.05, 4.69) is 21.7 Å². The molecule has 0 N–H and O–H groups in total. The Balaban J connectivity index is 1.93. The molecule has 3 rings (SSSR count). The third-order valence-corrected chi connectivity index (χ3v) is 4.31. The standard InChI is InChI=1S/C15H14ClNOS/c16-13-1-4-15(12(7-13)9-18)17(14-2-3-14)8-11-5-6-19-10-11/h1,4-7,9-10,14H,2-3,8H2. The van der Waals surface area contributed by atoms with E-state index in [-0.39, 0.29) is 0 Å². The summed E-state index contributed by atoms with van der Waals surface area (Å²) in [5.41, 5.74) is 2.96. The van der Waals surface area contributed by atoms with Crippen LogP contribution >= 0.6 is 22.9 Å². The number of rotatable bonds is 5. The molecule has 1 saturated carbocycles. The summed E-state index contributed by atoms with van der Waals surface area (Å²) in [7, 11) is 0. The molecule has 1 heterocycles. The fourth-order valence-electron chi connectivity index (χ4n) is 2.26. The van der Waals surface area contributed by atoms with Gasteiger partial charge in [0.25, 0.3) is 0 Å². The Kier molecular flexibility index (Phi) is 3.58. The van der Waals surface area contributed by atoms with Crippen molar-refractivity contribution in [3.63, 3.8) is 0 Å². The molecule has 1 fully saturated rings. The van der Waals surface area contributed by atoms with Crippen LogP contribution in [-0.2, 0) is 6.54 Å². The van der Waals surface area contributed by atoms with Crippen LogP contribution in [0, 0.1) is 0 Å². The topological polar surface area (TPSA) is 20.3 Å². The second-order valence-corrected chi connectivity index (χ2v) is 6.03. The van der Waals surface area contributed by atoms with Gasteiger partial charge < -0.3 is 4.90 Å². The van der Waals surface area contributed by atoms with Crippen molar-refractivity contribution < 1.29 is 4.79 Å². The van der Waals surface area contributed by atoms with Gasteiger partial charge in [-0.2, -0.15) is 11.3 Å². The zero-order chi connectivity index (χ0) is 13.2. The Morgan fingerprint density at radius 1 is 1.37 bits per heavy atom. The van der Waals surface area contributed by atoms with Crippen LogP contribution in [0.25, 0.3) is 0 Å². The van der Waals surface area contributed by atoms with Crippen LogP contribution in [0.2, 0.25) is 5.02 Å². The van der Waals surface area contributed by atoms with Gasteiger partial charge >= 0.3 is 0 Å². The third kappa shape index (κ3) is 2.82. The van der Waals surface area contributed by atoms with Crippen molar-refractivity contribution in [2.45, 2.75) is 25.4 Å². The van der Waals surface area contributed by atoms with Crippen LogP contribution in [0.3, 0.4) is 0 Å². The van der Waals surface area contributed by atoms with Crippen molar-refractivity contribution in [3.05, 3.63) is 51.2 Å². The van der Waals surface area contributed by atoms with Gasteiger partial charge in [-0.05, 0) is 53.4 Å². The fraction of sp³-hybridized carbons (Fsp3) is 0.267. The molecule has 0 amide bonds. The van der Waals surface area contributed by atoms with Crippen molar-refractivity contribution in [2.24, 2.45) is 0 Å². The van der Waals surface area contributed by atoms with Gasteiger partial charge in [-0.15, -0.1) is 0 Å². The maximum atomic E-state index is 11.2. The molecule has 0 saturated heterocycles. The molecule has 0 spiro atoms. The highest BCUT2D eigenvalue weighted by molar-refractivity contribution is 7.07. The van der Waals surface area contributed by atoms with E-state index in [1.165, 1.54) is 18.4 Å². The highest BCUT2D eigenvalue weighted by Crippen LogP contribution is 2.35. The molecule has 0 unspecified atom stereocenters. The number of thiophene rings is 1. The molecule has 1 aromatic heterocycles. The van der Waals surface area contributed by atoms with E-state index in [1.807, 2.05) is 12.1 Å². The molecule has 1 aliphatic carbocycles. The second kappa shape index (κ2) is 5.35. The first-order valence-corrected chi connectivity index (χ1v) is 7.62. The van der Waals surface area contributed by atoms with Crippen molar-refractivity contribution in [3.8, 4) is 0 Å². The highest BCUT2D eigenvalue weighted by atomic mass is 35.5. The van der Waals surface area contributed by atoms with E-state index in [0.29, 0.717) is 16.6 Å². The quantitative estimate of drug-likeness (QED) is 0.762.